The summed E-state index contributed by atoms with van der Waals surface area (Å²) in [4.78, 5) is 25.3. The van der Waals surface area contributed by atoms with E-state index < -0.39 is 0 Å². The molecule has 0 unspecified atom stereocenters. The van der Waals surface area contributed by atoms with Gasteiger partial charge in [0.1, 0.15) is 0 Å². The van der Waals surface area contributed by atoms with Crippen LogP contribution in [0.25, 0.3) is 0 Å². The first-order valence-electron chi connectivity index (χ1n) is 4.92. The quantitative estimate of drug-likeness (QED) is 0.868. The molecule has 0 radical (unpaired) electrons. The summed E-state index contributed by atoms with van der Waals surface area (Å²) in [5.41, 5.74) is 0. The number of carbonyl (C=O) groups is 2. The molecule has 7 heteroatoms. The average Bonchev–Trinajstić information content (AvgIpc) is 2.58. The summed E-state index contributed by atoms with van der Waals surface area (Å²) < 4.78 is 1.71. The molecular weight excluding hydrogens is 372 g/mol. The van der Waals surface area contributed by atoms with Gasteiger partial charge in [0.25, 0.3) is 5.91 Å². The van der Waals surface area contributed by atoms with Crippen molar-refractivity contribution < 1.29 is 9.59 Å². The van der Waals surface area contributed by atoms with E-state index in [4.69, 9.17) is 0 Å². The van der Waals surface area contributed by atoms with Gasteiger partial charge in [-0.25, -0.2) is 0 Å². The van der Waals surface area contributed by atoms with Gasteiger partial charge in [0.15, 0.2) is 0 Å². The van der Waals surface area contributed by atoms with Crippen LogP contribution in [0.5, 0.6) is 0 Å². The van der Waals surface area contributed by atoms with Crippen molar-refractivity contribution in [1.82, 2.24) is 10.2 Å². The molecule has 0 spiro atoms. The van der Waals surface area contributed by atoms with Gasteiger partial charge in [0.2, 0.25) is 5.91 Å². The highest BCUT2D eigenvalue weighted by atomic mass is 79.9. The summed E-state index contributed by atoms with van der Waals surface area (Å²) in [5.74, 6) is -0.314. The van der Waals surface area contributed by atoms with E-state index in [-0.39, 0.29) is 18.4 Å². The minimum absolute atomic E-state index is 0.0693. The third-order valence-electron chi connectivity index (χ3n) is 1.96. The van der Waals surface area contributed by atoms with E-state index in [1.807, 2.05) is 6.92 Å². The minimum Gasteiger partial charge on any atom is -0.355 e. The number of nitrogens with one attached hydrogen (secondary N) is 1. The molecule has 1 aromatic rings. The van der Waals surface area contributed by atoms with E-state index in [0.29, 0.717) is 11.4 Å². The molecule has 1 heterocycles. The Balaban J connectivity index is 2.66. The highest BCUT2D eigenvalue weighted by molar-refractivity contribution is 9.13. The Labute approximate surface area is 121 Å². The van der Waals surface area contributed by atoms with Crippen molar-refractivity contribution in [3.05, 3.63) is 19.2 Å². The maximum Gasteiger partial charge on any atom is 0.264 e. The van der Waals surface area contributed by atoms with Crippen LogP contribution in [0.15, 0.2) is 14.3 Å². The molecule has 0 saturated heterocycles. The number of carbonyl (C=O) groups excluding carboxylic acids is 2. The van der Waals surface area contributed by atoms with Crippen LogP contribution in [-0.4, -0.2) is 36.9 Å². The summed E-state index contributed by atoms with van der Waals surface area (Å²) >= 11 is 7.99. The monoisotopic (exact) mass is 382 g/mol. The van der Waals surface area contributed by atoms with Crippen molar-refractivity contribution in [1.29, 1.82) is 0 Å². The van der Waals surface area contributed by atoms with Gasteiger partial charge in [-0.05, 0) is 44.8 Å². The summed E-state index contributed by atoms with van der Waals surface area (Å²) in [6, 6.07) is 1.74. The van der Waals surface area contributed by atoms with E-state index in [2.05, 4.69) is 37.2 Å². The standard InChI is InChI=1S/C10H12Br2N2O2S/c1-3-13-8(15)5-14(2)10(16)7-4-6(11)9(12)17-7/h4H,3,5H2,1-2H3,(H,13,15). The summed E-state index contributed by atoms with van der Waals surface area (Å²) in [6.45, 7) is 2.48. The highest BCUT2D eigenvalue weighted by Gasteiger charge is 2.17. The Hall–Kier alpha value is -0.400. The molecule has 0 bridgehead atoms. The van der Waals surface area contributed by atoms with Crippen molar-refractivity contribution in [3.63, 3.8) is 0 Å². The summed E-state index contributed by atoms with van der Waals surface area (Å²) in [7, 11) is 1.61. The van der Waals surface area contributed by atoms with Crippen molar-refractivity contribution in [2.45, 2.75) is 6.92 Å². The van der Waals surface area contributed by atoms with Gasteiger partial charge in [0.05, 0.1) is 15.2 Å². The first-order valence-corrected chi connectivity index (χ1v) is 7.33. The molecule has 1 N–H and O–H groups in total. The van der Waals surface area contributed by atoms with Crippen LogP contribution in [0, 0.1) is 0 Å². The zero-order chi connectivity index (χ0) is 13.0. The van der Waals surface area contributed by atoms with Crippen LogP contribution < -0.4 is 5.32 Å². The van der Waals surface area contributed by atoms with Gasteiger partial charge < -0.3 is 10.2 Å². The second-order valence-electron chi connectivity index (χ2n) is 3.35. The van der Waals surface area contributed by atoms with Crippen molar-refractivity contribution in [2.75, 3.05) is 20.1 Å². The van der Waals surface area contributed by atoms with Gasteiger partial charge in [-0.1, -0.05) is 0 Å². The molecule has 17 heavy (non-hydrogen) atoms. The number of likely N-dealkylation sites (N-methyl/N-ethyl adjacent to an activating group) is 2. The third kappa shape index (κ3) is 4.08. The molecule has 4 nitrogen and oxygen atoms in total. The number of thiophene rings is 1. The lowest BCUT2D eigenvalue weighted by Crippen LogP contribution is -2.37. The number of hydrogen-bond acceptors (Lipinski definition) is 3. The zero-order valence-corrected chi connectivity index (χ0v) is 13.4. The molecule has 0 aliphatic rings. The van der Waals surface area contributed by atoms with Crippen molar-refractivity contribution in [3.8, 4) is 0 Å². The summed E-state index contributed by atoms with van der Waals surface area (Å²) in [6.07, 6.45) is 0. The Morgan fingerprint density at radius 3 is 2.59 bits per heavy atom. The largest absolute Gasteiger partial charge is 0.355 e. The maximum atomic E-state index is 12.0. The van der Waals surface area contributed by atoms with Crippen LogP contribution in [-0.2, 0) is 4.79 Å². The lowest BCUT2D eigenvalue weighted by molar-refractivity contribution is -0.121. The molecule has 2 amide bonds. The van der Waals surface area contributed by atoms with Crippen molar-refractivity contribution in [2.24, 2.45) is 0 Å². The smallest absolute Gasteiger partial charge is 0.264 e. The molecule has 94 valence electrons. The molecule has 0 aromatic carbocycles. The van der Waals surface area contributed by atoms with Crippen LogP contribution >= 0.6 is 43.2 Å². The molecule has 0 aliphatic carbocycles. The minimum atomic E-state index is -0.160. The highest BCUT2D eigenvalue weighted by Crippen LogP contribution is 2.32. The van der Waals surface area contributed by atoms with E-state index >= 15 is 0 Å². The third-order valence-corrected chi connectivity index (χ3v) is 5.20. The lowest BCUT2D eigenvalue weighted by Gasteiger charge is -2.15. The van der Waals surface area contributed by atoms with Gasteiger partial charge in [0, 0.05) is 18.1 Å². The first-order chi connectivity index (χ1) is 7.95. The Kier molecular flexibility index (Phi) is 5.61. The van der Waals surface area contributed by atoms with E-state index in [1.165, 1.54) is 16.2 Å². The average molecular weight is 384 g/mol. The molecule has 1 aromatic heterocycles. The number of rotatable bonds is 4. The molecule has 0 fully saturated rings. The molecule has 0 aliphatic heterocycles. The maximum absolute atomic E-state index is 12.0. The first kappa shape index (κ1) is 14.7. The molecule has 0 saturated carbocycles. The van der Waals surface area contributed by atoms with Crippen LogP contribution in [0.4, 0.5) is 0 Å². The van der Waals surface area contributed by atoms with E-state index in [9.17, 15) is 9.59 Å². The fraction of sp³-hybridized carbons (Fsp3) is 0.400. The van der Waals surface area contributed by atoms with E-state index in [1.54, 1.807) is 13.1 Å². The Morgan fingerprint density at radius 2 is 2.12 bits per heavy atom. The molecule has 1 rings (SSSR count). The second kappa shape index (κ2) is 6.51. The van der Waals surface area contributed by atoms with E-state index in [0.717, 1.165) is 8.26 Å². The van der Waals surface area contributed by atoms with Crippen LogP contribution in [0.2, 0.25) is 0 Å². The summed E-state index contributed by atoms with van der Waals surface area (Å²) in [5, 5.41) is 2.65. The molecular formula is C10H12Br2N2O2S. The number of hydrogen-bond donors (Lipinski definition) is 1. The van der Waals surface area contributed by atoms with Gasteiger partial charge >= 0.3 is 0 Å². The van der Waals surface area contributed by atoms with Crippen LogP contribution in [0.1, 0.15) is 16.6 Å². The van der Waals surface area contributed by atoms with Gasteiger partial charge in [-0.3, -0.25) is 9.59 Å². The molecule has 0 atom stereocenters. The predicted octanol–water partition coefficient (Wildman–Crippen LogP) is 2.48. The lowest BCUT2D eigenvalue weighted by atomic mass is 10.4. The van der Waals surface area contributed by atoms with Gasteiger partial charge in [-0.2, -0.15) is 0 Å². The number of amides is 2. The number of nitrogens with zero attached hydrogens (tertiary/aromatic N) is 1. The predicted molar refractivity (Wildman–Crippen MR) is 75.4 cm³/mol. The number of halogens is 2. The Bertz CT molecular complexity index is 414. The SMILES string of the molecule is CCNC(=O)CN(C)C(=O)c1cc(Br)c(Br)s1. The second-order valence-corrected chi connectivity index (χ2v) is 6.57. The zero-order valence-electron chi connectivity index (χ0n) is 9.42. The topological polar surface area (TPSA) is 49.4 Å². The van der Waals surface area contributed by atoms with Crippen LogP contribution in [0.3, 0.4) is 0 Å². The van der Waals surface area contributed by atoms with Gasteiger partial charge in [-0.15, -0.1) is 11.3 Å². The fourth-order valence-corrected chi connectivity index (χ4v) is 3.21. The normalized spacial score (nSPS) is 10.1. The fourth-order valence-electron chi connectivity index (χ4n) is 1.18. The van der Waals surface area contributed by atoms with Crippen molar-refractivity contribution >= 4 is 55.0 Å². The Morgan fingerprint density at radius 1 is 1.47 bits per heavy atom.